The van der Waals surface area contributed by atoms with Gasteiger partial charge >= 0.3 is 0 Å². The third-order valence-corrected chi connectivity index (χ3v) is 7.26. The van der Waals surface area contributed by atoms with Crippen molar-refractivity contribution < 1.29 is 8.78 Å². The van der Waals surface area contributed by atoms with E-state index in [0.29, 0.717) is 22.5 Å². The molecule has 5 aromatic carbocycles. The van der Waals surface area contributed by atoms with Crippen molar-refractivity contribution in [1.29, 1.82) is 0 Å². The highest BCUT2D eigenvalue weighted by atomic mass is 19.3. The Morgan fingerprint density at radius 1 is 0.410 bits per heavy atom. The first-order chi connectivity index (χ1) is 19.1. The highest BCUT2D eigenvalue weighted by Gasteiger charge is 2.44. The van der Waals surface area contributed by atoms with Gasteiger partial charge in [-0.3, -0.25) is 0 Å². The van der Waals surface area contributed by atoms with E-state index in [1.165, 1.54) is 6.07 Å². The van der Waals surface area contributed by atoms with E-state index in [9.17, 15) is 0 Å². The van der Waals surface area contributed by atoms with Gasteiger partial charge in [-0.2, -0.15) is 8.78 Å². The summed E-state index contributed by atoms with van der Waals surface area (Å²) in [7, 11) is 0. The number of alkyl halides is 2. The zero-order valence-corrected chi connectivity index (χ0v) is 20.9. The number of hydrogen-bond donors (Lipinski definition) is 0. The fourth-order valence-corrected chi connectivity index (χ4v) is 5.26. The number of aromatic nitrogens is 2. The maximum atomic E-state index is 15.5. The van der Waals surface area contributed by atoms with Crippen LogP contribution in [0.1, 0.15) is 11.1 Å². The highest BCUT2D eigenvalue weighted by Crippen LogP contribution is 2.51. The van der Waals surface area contributed by atoms with Crippen LogP contribution in [0.4, 0.5) is 8.78 Å². The maximum Gasteiger partial charge on any atom is 0.299 e. The van der Waals surface area contributed by atoms with Gasteiger partial charge < -0.3 is 0 Å². The van der Waals surface area contributed by atoms with Crippen LogP contribution >= 0.6 is 0 Å². The van der Waals surface area contributed by atoms with Crippen LogP contribution in [0.3, 0.4) is 0 Å². The molecule has 0 radical (unpaired) electrons. The Balaban J connectivity index is 1.35. The zero-order chi connectivity index (χ0) is 26.4. The molecule has 0 spiro atoms. The second kappa shape index (κ2) is 9.10. The zero-order valence-electron chi connectivity index (χ0n) is 20.9. The van der Waals surface area contributed by atoms with Crippen molar-refractivity contribution in [3.05, 3.63) is 145 Å². The number of benzene rings is 5. The van der Waals surface area contributed by atoms with Crippen molar-refractivity contribution in [3.8, 4) is 56.2 Å². The lowest BCUT2D eigenvalue weighted by molar-refractivity contribution is 0.0480. The molecule has 39 heavy (non-hydrogen) atoms. The Morgan fingerprint density at radius 2 is 0.897 bits per heavy atom. The maximum absolute atomic E-state index is 15.5. The Labute approximate surface area is 225 Å². The minimum absolute atomic E-state index is 0.0105. The van der Waals surface area contributed by atoms with E-state index in [0.717, 1.165) is 33.6 Å². The minimum atomic E-state index is -3.07. The van der Waals surface area contributed by atoms with Crippen molar-refractivity contribution in [1.82, 2.24) is 9.97 Å². The van der Waals surface area contributed by atoms with Crippen molar-refractivity contribution in [3.63, 3.8) is 0 Å². The second-order valence-corrected chi connectivity index (χ2v) is 9.65. The van der Waals surface area contributed by atoms with Crippen molar-refractivity contribution in [2.45, 2.75) is 5.92 Å². The fourth-order valence-electron chi connectivity index (χ4n) is 5.26. The van der Waals surface area contributed by atoms with Crippen LogP contribution in [0.25, 0.3) is 56.2 Å². The van der Waals surface area contributed by atoms with Gasteiger partial charge in [0.1, 0.15) is 0 Å². The summed E-state index contributed by atoms with van der Waals surface area (Å²) < 4.78 is 30.9. The molecule has 0 aliphatic heterocycles. The summed E-state index contributed by atoms with van der Waals surface area (Å²) >= 11 is 0. The van der Waals surface area contributed by atoms with Crippen molar-refractivity contribution in [2.24, 2.45) is 0 Å². The molecule has 1 heterocycles. The second-order valence-electron chi connectivity index (χ2n) is 9.65. The van der Waals surface area contributed by atoms with Gasteiger partial charge in [0.25, 0.3) is 5.92 Å². The van der Waals surface area contributed by atoms with E-state index in [1.54, 1.807) is 30.3 Å². The van der Waals surface area contributed by atoms with Gasteiger partial charge in [0.05, 0.1) is 11.4 Å². The van der Waals surface area contributed by atoms with Crippen LogP contribution in [0.2, 0.25) is 0 Å². The number of halogens is 2. The van der Waals surface area contributed by atoms with Gasteiger partial charge in [0, 0.05) is 27.8 Å². The summed E-state index contributed by atoms with van der Waals surface area (Å²) in [6.45, 7) is 0. The van der Waals surface area contributed by atoms with E-state index in [-0.39, 0.29) is 11.1 Å². The lowest BCUT2D eigenvalue weighted by Crippen LogP contribution is -2.11. The fraction of sp³-hybridized carbons (Fsp3) is 0.0286. The summed E-state index contributed by atoms with van der Waals surface area (Å²) in [5, 5.41) is 0. The molecule has 0 saturated carbocycles. The average molecular weight is 509 g/mol. The molecular weight excluding hydrogens is 486 g/mol. The summed E-state index contributed by atoms with van der Waals surface area (Å²) in [5.74, 6) is -2.66. The van der Waals surface area contributed by atoms with Gasteiger partial charge in [-0.25, -0.2) is 9.97 Å². The molecule has 4 heteroatoms. The van der Waals surface area contributed by atoms with Crippen molar-refractivity contribution >= 4 is 0 Å². The van der Waals surface area contributed by atoms with Crippen molar-refractivity contribution in [2.75, 3.05) is 0 Å². The number of hydrogen-bond acceptors (Lipinski definition) is 2. The van der Waals surface area contributed by atoms with E-state index >= 15 is 8.78 Å². The van der Waals surface area contributed by atoms with E-state index in [4.69, 9.17) is 9.97 Å². The van der Waals surface area contributed by atoms with Gasteiger partial charge in [-0.15, -0.1) is 0 Å². The molecule has 0 atom stereocenters. The van der Waals surface area contributed by atoms with E-state index in [1.807, 2.05) is 72.8 Å². The monoisotopic (exact) mass is 508 g/mol. The molecule has 0 fully saturated rings. The van der Waals surface area contributed by atoms with E-state index < -0.39 is 5.92 Å². The topological polar surface area (TPSA) is 25.8 Å². The molecule has 0 unspecified atom stereocenters. The van der Waals surface area contributed by atoms with Crippen LogP contribution in [0.15, 0.2) is 133 Å². The van der Waals surface area contributed by atoms with Crippen LogP contribution in [0, 0.1) is 0 Å². The normalized spacial score (nSPS) is 13.1. The van der Waals surface area contributed by atoms with Crippen LogP contribution in [0.5, 0.6) is 0 Å². The number of nitrogens with zero attached hydrogens (tertiary/aromatic N) is 2. The van der Waals surface area contributed by atoms with Gasteiger partial charge in [0.2, 0.25) is 0 Å². The average Bonchev–Trinajstić information content (AvgIpc) is 3.24. The third kappa shape index (κ3) is 4.02. The molecular formula is C35H22F2N2. The molecule has 0 saturated heterocycles. The quantitative estimate of drug-likeness (QED) is 0.237. The minimum Gasteiger partial charge on any atom is -0.228 e. The highest BCUT2D eigenvalue weighted by molar-refractivity contribution is 5.82. The first-order valence-electron chi connectivity index (χ1n) is 12.8. The molecule has 7 rings (SSSR count). The summed E-state index contributed by atoms with van der Waals surface area (Å²) in [6, 6.07) is 42.0. The van der Waals surface area contributed by atoms with Crippen LogP contribution in [-0.2, 0) is 5.92 Å². The number of fused-ring (bicyclic) bond motifs is 3. The Hall–Kier alpha value is -4.96. The standard InChI is InChI=1S/C35H22F2N2/c36-35(37)30-14-8-7-13-28(30)29-20-19-27(21-31(29)35)34-38-32(25-11-5-2-6-12-25)22-33(39-34)26-17-15-24(16-18-26)23-9-3-1-4-10-23/h1-22H. The SMILES string of the molecule is FC1(F)c2ccccc2-c2ccc(-c3nc(-c4ccccc4)cc(-c4ccc(-c5ccccc5)cc4)n3)cc21. The molecule has 2 nitrogen and oxygen atoms in total. The molecule has 1 aromatic heterocycles. The summed E-state index contributed by atoms with van der Waals surface area (Å²) in [4.78, 5) is 9.70. The van der Waals surface area contributed by atoms with E-state index in [2.05, 4.69) is 24.3 Å². The van der Waals surface area contributed by atoms with Gasteiger partial charge in [0.15, 0.2) is 5.82 Å². The summed E-state index contributed by atoms with van der Waals surface area (Å²) in [5.41, 5.74) is 7.27. The molecule has 0 N–H and O–H groups in total. The largest absolute Gasteiger partial charge is 0.299 e. The Morgan fingerprint density at radius 3 is 1.59 bits per heavy atom. The van der Waals surface area contributed by atoms with Gasteiger partial charge in [-0.1, -0.05) is 121 Å². The van der Waals surface area contributed by atoms with Gasteiger partial charge in [-0.05, 0) is 34.4 Å². The van der Waals surface area contributed by atoms with Crippen LogP contribution < -0.4 is 0 Å². The summed E-state index contributed by atoms with van der Waals surface area (Å²) in [6.07, 6.45) is 0. The Kier molecular flexibility index (Phi) is 5.41. The molecule has 1 aliphatic carbocycles. The molecule has 186 valence electrons. The lowest BCUT2D eigenvalue weighted by atomic mass is 10.0. The molecule has 0 bridgehead atoms. The predicted octanol–water partition coefficient (Wildman–Crippen LogP) is 9.27. The molecule has 6 aromatic rings. The first kappa shape index (κ1) is 23.2. The predicted molar refractivity (Wildman–Crippen MR) is 152 cm³/mol. The molecule has 0 amide bonds. The Bertz CT molecular complexity index is 1810. The smallest absolute Gasteiger partial charge is 0.228 e. The first-order valence-corrected chi connectivity index (χ1v) is 12.8. The third-order valence-electron chi connectivity index (χ3n) is 7.26. The number of rotatable bonds is 4. The van der Waals surface area contributed by atoms with Crippen LogP contribution in [-0.4, -0.2) is 9.97 Å². The lowest BCUT2D eigenvalue weighted by Gasteiger charge is -2.14. The molecule has 1 aliphatic rings.